The topological polar surface area (TPSA) is 63.5 Å². The van der Waals surface area contributed by atoms with Crippen LogP contribution in [0.1, 0.15) is 48.2 Å². The molecule has 58 heavy (non-hydrogen) atoms. The molecule has 8 aromatic carbocycles. The molecule has 2 aliphatic rings. The predicted octanol–water partition coefficient (Wildman–Crippen LogP) is 13.0. The molecule has 0 aromatic heterocycles. The Labute approximate surface area is 339 Å². The number of benzene rings is 8. The van der Waals surface area contributed by atoms with Crippen LogP contribution in [0.3, 0.4) is 0 Å². The molecule has 2 N–H and O–H groups in total. The SMILES string of the molecule is CCCC1Nc2ccccc2N1c1cccc(-c2cc(C#N)cc(-c3cccc(C4N=C(c5cccc6ccccc56)C=C(c5cccc6ccccc56)N4)c3)c2)c1. The van der Waals surface area contributed by atoms with Crippen molar-refractivity contribution in [1.29, 1.82) is 5.26 Å². The van der Waals surface area contributed by atoms with Crippen molar-refractivity contribution in [1.82, 2.24) is 5.32 Å². The summed E-state index contributed by atoms with van der Waals surface area (Å²) in [6, 6.07) is 64.4. The average molecular weight is 748 g/mol. The number of aliphatic imine (C=N–C) groups is 1. The van der Waals surface area contributed by atoms with Gasteiger partial charge in [-0.05, 0) is 110 Å². The van der Waals surface area contributed by atoms with Crippen LogP contribution in [0.2, 0.25) is 0 Å². The van der Waals surface area contributed by atoms with Gasteiger partial charge >= 0.3 is 0 Å². The van der Waals surface area contributed by atoms with Crippen LogP contribution in [0.15, 0.2) is 187 Å². The van der Waals surface area contributed by atoms with Gasteiger partial charge in [0.25, 0.3) is 0 Å². The molecule has 2 atom stereocenters. The van der Waals surface area contributed by atoms with Gasteiger partial charge in [0.1, 0.15) is 12.3 Å². The second-order valence-corrected chi connectivity index (χ2v) is 15.1. The molecule has 8 aromatic rings. The average Bonchev–Trinajstić information content (AvgIpc) is 3.66. The highest BCUT2D eigenvalue weighted by Gasteiger charge is 2.29. The zero-order valence-corrected chi connectivity index (χ0v) is 32.2. The predicted molar refractivity (Wildman–Crippen MR) is 241 cm³/mol. The molecule has 0 fully saturated rings. The van der Waals surface area contributed by atoms with E-state index in [1.165, 1.54) is 27.2 Å². The smallest absolute Gasteiger partial charge is 0.145 e. The van der Waals surface area contributed by atoms with Crippen LogP contribution < -0.4 is 15.5 Å². The minimum absolute atomic E-state index is 0.176. The van der Waals surface area contributed by atoms with E-state index in [0.29, 0.717) is 5.56 Å². The zero-order chi connectivity index (χ0) is 39.0. The first-order valence-electron chi connectivity index (χ1n) is 20.1. The first-order chi connectivity index (χ1) is 28.6. The maximum Gasteiger partial charge on any atom is 0.145 e. The number of anilines is 3. The van der Waals surface area contributed by atoms with Crippen molar-refractivity contribution in [2.45, 2.75) is 32.1 Å². The van der Waals surface area contributed by atoms with Gasteiger partial charge in [-0.15, -0.1) is 0 Å². The number of para-hydroxylation sites is 2. The molecule has 0 saturated carbocycles. The lowest BCUT2D eigenvalue weighted by Gasteiger charge is -2.27. The van der Waals surface area contributed by atoms with Crippen LogP contribution in [0.25, 0.3) is 49.5 Å². The van der Waals surface area contributed by atoms with E-state index >= 15 is 0 Å². The number of rotatable bonds is 8. The van der Waals surface area contributed by atoms with Crippen molar-refractivity contribution < 1.29 is 0 Å². The summed E-state index contributed by atoms with van der Waals surface area (Å²) in [5.74, 6) is 0. The number of nitrogens with one attached hydrogen (secondary N) is 2. The molecule has 0 aliphatic carbocycles. The second kappa shape index (κ2) is 14.9. The summed E-state index contributed by atoms with van der Waals surface area (Å²) in [6.07, 6.45) is 4.11. The molecule has 5 nitrogen and oxygen atoms in total. The van der Waals surface area contributed by atoms with E-state index in [2.05, 4.69) is 198 Å². The van der Waals surface area contributed by atoms with Crippen molar-refractivity contribution in [3.63, 3.8) is 0 Å². The molecule has 0 saturated heterocycles. The number of hydrogen-bond acceptors (Lipinski definition) is 5. The Kier molecular flexibility index (Phi) is 9.01. The fourth-order valence-corrected chi connectivity index (χ4v) is 8.66. The third-order valence-corrected chi connectivity index (χ3v) is 11.4. The van der Waals surface area contributed by atoms with Gasteiger partial charge in [0, 0.05) is 22.5 Å². The number of fused-ring (bicyclic) bond motifs is 3. The van der Waals surface area contributed by atoms with Crippen LogP contribution in [-0.2, 0) is 0 Å². The van der Waals surface area contributed by atoms with Gasteiger partial charge in [-0.1, -0.05) is 141 Å². The highest BCUT2D eigenvalue weighted by Crippen LogP contribution is 2.42. The molecule has 0 amide bonds. The molecule has 2 unspecified atom stereocenters. The Bertz CT molecular complexity index is 2960. The van der Waals surface area contributed by atoms with E-state index in [-0.39, 0.29) is 12.3 Å². The molecule has 5 heteroatoms. The van der Waals surface area contributed by atoms with Crippen molar-refractivity contribution in [2.24, 2.45) is 4.99 Å². The molecule has 0 spiro atoms. The summed E-state index contributed by atoms with van der Waals surface area (Å²) >= 11 is 0. The van der Waals surface area contributed by atoms with Crippen molar-refractivity contribution in [2.75, 3.05) is 10.2 Å². The lowest BCUT2D eigenvalue weighted by atomic mass is 9.94. The molecule has 278 valence electrons. The molecular weight excluding hydrogens is 707 g/mol. The monoisotopic (exact) mass is 747 g/mol. The number of nitrogens with zero attached hydrogens (tertiary/aromatic N) is 3. The van der Waals surface area contributed by atoms with Gasteiger partial charge in [-0.2, -0.15) is 5.26 Å². The van der Waals surface area contributed by atoms with Gasteiger partial charge in [-0.25, -0.2) is 0 Å². The van der Waals surface area contributed by atoms with E-state index in [9.17, 15) is 5.26 Å². The Hall–Kier alpha value is -7.42. The quantitative estimate of drug-likeness (QED) is 0.162. The Morgan fingerprint density at radius 3 is 2.00 bits per heavy atom. The van der Waals surface area contributed by atoms with Crippen molar-refractivity contribution >= 4 is 50.0 Å². The first-order valence-corrected chi connectivity index (χ1v) is 20.1. The Balaban J connectivity index is 1.04. The molecule has 0 bridgehead atoms. The van der Waals surface area contributed by atoms with Crippen LogP contribution in [0.4, 0.5) is 17.1 Å². The van der Waals surface area contributed by atoms with Crippen molar-refractivity contribution in [3.8, 4) is 28.3 Å². The van der Waals surface area contributed by atoms with Gasteiger partial charge in [-0.3, -0.25) is 4.99 Å². The van der Waals surface area contributed by atoms with E-state index in [4.69, 9.17) is 4.99 Å². The third-order valence-electron chi connectivity index (χ3n) is 11.4. The van der Waals surface area contributed by atoms with Gasteiger partial charge < -0.3 is 15.5 Å². The van der Waals surface area contributed by atoms with E-state index in [1.54, 1.807) is 0 Å². The molecule has 10 rings (SSSR count). The van der Waals surface area contributed by atoms with Crippen LogP contribution in [-0.4, -0.2) is 11.9 Å². The summed E-state index contributed by atoms with van der Waals surface area (Å²) in [5, 5.41) is 22.6. The lowest BCUT2D eigenvalue weighted by molar-refractivity contribution is 0.665. The fraction of sp³-hybridized carbons (Fsp3) is 0.0943. The molecule has 2 aliphatic heterocycles. The summed E-state index contributed by atoms with van der Waals surface area (Å²) in [5.41, 5.74) is 13.4. The highest BCUT2D eigenvalue weighted by atomic mass is 15.3. The minimum atomic E-state index is -0.351. The molecular formula is C53H41N5. The van der Waals surface area contributed by atoms with Crippen LogP contribution >= 0.6 is 0 Å². The standard InChI is InChI=1S/C53H41N5/c1-2-13-52-55-48-26-7-8-27-51(48)58(52)43-21-10-19-39(32-43)42-29-35(34-54)28-41(31-42)38-18-9-20-40(30-38)53-56-49(46-24-11-16-36-14-3-5-22-44(36)46)33-50(57-53)47-25-12-17-37-15-4-6-23-45(37)47/h3-12,14-33,52-53,55-56H,2,13H2,1H3. The van der Waals surface area contributed by atoms with Gasteiger partial charge in [0.2, 0.25) is 0 Å². The Morgan fingerprint density at radius 1 is 0.603 bits per heavy atom. The largest absolute Gasteiger partial charge is 0.363 e. The normalized spacial score (nSPS) is 15.9. The number of allylic oxidation sites excluding steroid dienone is 1. The maximum atomic E-state index is 10.3. The molecule has 2 heterocycles. The van der Waals surface area contributed by atoms with Crippen molar-refractivity contribution in [3.05, 3.63) is 204 Å². The van der Waals surface area contributed by atoms with E-state index in [1.807, 2.05) is 12.1 Å². The van der Waals surface area contributed by atoms with Gasteiger partial charge in [0.15, 0.2) is 0 Å². The van der Waals surface area contributed by atoms with E-state index in [0.717, 1.165) is 74.6 Å². The first kappa shape index (κ1) is 35.0. The lowest BCUT2D eigenvalue weighted by Crippen LogP contribution is -2.31. The summed E-state index contributed by atoms with van der Waals surface area (Å²) in [7, 11) is 0. The molecule has 0 radical (unpaired) electrons. The summed E-state index contributed by atoms with van der Waals surface area (Å²) < 4.78 is 0. The minimum Gasteiger partial charge on any atom is -0.363 e. The van der Waals surface area contributed by atoms with E-state index < -0.39 is 0 Å². The zero-order valence-electron chi connectivity index (χ0n) is 32.2. The van der Waals surface area contributed by atoms with Crippen LogP contribution in [0, 0.1) is 11.3 Å². The maximum absolute atomic E-state index is 10.3. The van der Waals surface area contributed by atoms with Crippen LogP contribution in [0.5, 0.6) is 0 Å². The van der Waals surface area contributed by atoms with Gasteiger partial charge in [0.05, 0.1) is 28.7 Å². The highest BCUT2D eigenvalue weighted by molar-refractivity contribution is 6.20. The Morgan fingerprint density at radius 2 is 1.24 bits per heavy atom. The fourth-order valence-electron chi connectivity index (χ4n) is 8.66. The summed E-state index contributed by atoms with van der Waals surface area (Å²) in [6.45, 7) is 2.23. The third kappa shape index (κ3) is 6.45. The number of hydrogen-bond donors (Lipinski definition) is 2. The second-order valence-electron chi connectivity index (χ2n) is 15.1. The number of nitriles is 1. The summed E-state index contributed by atoms with van der Waals surface area (Å²) in [4.78, 5) is 7.82.